The van der Waals surface area contributed by atoms with Crippen molar-refractivity contribution in [3.8, 4) is 11.4 Å². The highest BCUT2D eigenvalue weighted by Gasteiger charge is 2.35. The quantitative estimate of drug-likeness (QED) is 0.314. The number of hydrogen-bond acceptors (Lipinski definition) is 4. The van der Waals surface area contributed by atoms with Gasteiger partial charge in [0.15, 0.2) is 0 Å². The summed E-state index contributed by atoms with van der Waals surface area (Å²) in [5.41, 5.74) is 6.13. The fourth-order valence-corrected chi connectivity index (χ4v) is 5.23. The van der Waals surface area contributed by atoms with Gasteiger partial charge >= 0.3 is 0 Å². The average Bonchev–Trinajstić information content (AvgIpc) is 3.23. The minimum absolute atomic E-state index is 0.206. The Balaban J connectivity index is 1.49. The number of imide groups is 1. The van der Waals surface area contributed by atoms with Gasteiger partial charge in [-0.05, 0) is 97.6 Å². The molecule has 0 aliphatic carbocycles. The molecule has 0 unspecified atom stereocenters. The third kappa shape index (κ3) is 5.34. The van der Waals surface area contributed by atoms with Gasteiger partial charge in [0.25, 0.3) is 11.1 Å². The van der Waals surface area contributed by atoms with Crippen LogP contribution in [0.1, 0.15) is 47.8 Å². The van der Waals surface area contributed by atoms with Crippen molar-refractivity contribution in [3.63, 3.8) is 0 Å². The van der Waals surface area contributed by atoms with E-state index in [9.17, 15) is 9.59 Å². The van der Waals surface area contributed by atoms with Gasteiger partial charge in [0, 0.05) is 22.1 Å². The van der Waals surface area contributed by atoms with E-state index in [2.05, 4.69) is 30.5 Å². The number of nitrogens with zero attached hydrogens (tertiary/aromatic N) is 2. The van der Waals surface area contributed by atoms with E-state index < -0.39 is 0 Å². The van der Waals surface area contributed by atoms with E-state index in [-0.39, 0.29) is 24.3 Å². The van der Waals surface area contributed by atoms with Crippen molar-refractivity contribution in [1.29, 1.82) is 0 Å². The van der Waals surface area contributed by atoms with E-state index in [0.717, 1.165) is 51.3 Å². The Kier molecular flexibility index (Phi) is 7.43. The van der Waals surface area contributed by atoms with Crippen LogP contribution in [0, 0.1) is 20.8 Å². The first-order valence-electron chi connectivity index (χ1n) is 11.6. The van der Waals surface area contributed by atoms with Crippen molar-refractivity contribution < 1.29 is 14.3 Å². The van der Waals surface area contributed by atoms with E-state index in [1.165, 1.54) is 4.90 Å². The van der Waals surface area contributed by atoms with Crippen LogP contribution in [0.5, 0.6) is 5.75 Å². The summed E-state index contributed by atoms with van der Waals surface area (Å²) in [7, 11) is 0. The summed E-state index contributed by atoms with van der Waals surface area (Å²) in [4.78, 5) is 27.3. The maximum atomic E-state index is 13.0. The summed E-state index contributed by atoms with van der Waals surface area (Å²) in [6.45, 7) is 10.7. The number of benzene rings is 2. The molecule has 0 saturated carbocycles. The molecule has 1 fully saturated rings. The lowest BCUT2D eigenvalue weighted by atomic mass is 10.0. The van der Waals surface area contributed by atoms with E-state index in [4.69, 9.17) is 16.3 Å². The molecule has 0 atom stereocenters. The largest absolute Gasteiger partial charge is 0.491 e. The second-order valence-corrected chi connectivity index (χ2v) is 10.4. The lowest BCUT2D eigenvalue weighted by molar-refractivity contribution is -0.123. The van der Waals surface area contributed by atoms with Crippen molar-refractivity contribution >= 4 is 40.6 Å². The van der Waals surface area contributed by atoms with E-state index in [1.54, 1.807) is 6.08 Å². The maximum Gasteiger partial charge on any atom is 0.293 e. The average molecular weight is 509 g/mol. The van der Waals surface area contributed by atoms with Crippen LogP contribution in [0.3, 0.4) is 0 Å². The summed E-state index contributed by atoms with van der Waals surface area (Å²) < 4.78 is 8.10. The third-order valence-electron chi connectivity index (χ3n) is 6.08. The number of amides is 2. The molecule has 1 aromatic heterocycles. The molecule has 0 spiro atoms. The summed E-state index contributed by atoms with van der Waals surface area (Å²) in [5, 5.41) is 0.404. The molecule has 1 aliphatic rings. The van der Waals surface area contributed by atoms with Crippen molar-refractivity contribution in [2.45, 2.75) is 40.5 Å². The molecule has 2 aromatic carbocycles. The van der Waals surface area contributed by atoms with Gasteiger partial charge in [-0.25, -0.2) is 0 Å². The summed E-state index contributed by atoms with van der Waals surface area (Å²) in [5.74, 6) is 0.836. The molecule has 0 radical (unpaired) electrons. The number of halogens is 1. The lowest BCUT2D eigenvalue weighted by Gasteiger charge is -2.17. The van der Waals surface area contributed by atoms with Crippen molar-refractivity contribution in [2.75, 3.05) is 13.2 Å². The second-order valence-electron chi connectivity index (χ2n) is 9.02. The predicted octanol–water partition coefficient (Wildman–Crippen LogP) is 7.29. The highest BCUT2D eigenvalue weighted by atomic mass is 35.5. The molecule has 7 heteroatoms. The Morgan fingerprint density at radius 1 is 1.03 bits per heavy atom. The topological polar surface area (TPSA) is 51.5 Å². The van der Waals surface area contributed by atoms with Crippen LogP contribution < -0.4 is 4.74 Å². The first kappa shape index (κ1) is 25.1. The fraction of sp³-hybridized carbons (Fsp3) is 0.286. The second kappa shape index (κ2) is 10.3. The highest BCUT2D eigenvalue weighted by molar-refractivity contribution is 8.18. The Morgan fingerprint density at radius 2 is 1.74 bits per heavy atom. The molecule has 5 nitrogen and oxygen atoms in total. The number of ether oxygens (including phenoxy) is 1. The summed E-state index contributed by atoms with van der Waals surface area (Å²) in [6.07, 6.45) is 1.80. The number of carbonyl (C=O) groups excluding carboxylic acids is 2. The zero-order valence-electron chi connectivity index (χ0n) is 20.6. The van der Waals surface area contributed by atoms with Gasteiger partial charge in [0.1, 0.15) is 12.4 Å². The minimum Gasteiger partial charge on any atom is -0.491 e. The van der Waals surface area contributed by atoms with Crippen LogP contribution in [0.2, 0.25) is 5.02 Å². The predicted molar refractivity (Wildman–Crippen MR) is 144 cm³/mol. The number of rotatable bonds is 7. The van der Waals surface area contributed by atoms with Crippen LogP contribution in [-0.2, 0) is 4.79 Å². The Hall–Kier alpha value is -2.96. The molecule has 0 N–H and O–H groups in total. The maximum absolute atomic E-state index is 13.0. The Morgan fingerprint density at radius 3 is 2.43 bits per heavy atom. The minimum atomic E-state index is -0.284. The molecule has 2 heterocycles. The number of aryl methyl sites for hydroxylation is 2. The molecule has 35 heavy (non-hydrogen) atoms. The van der Waals surface area contributed by atoms with Crippen LogP contribution >= 0.6 is 23.4 Å². The SMILES string of the molecule is Cc1ccc(C(C)C)c(OCCN2C(=O)S/C(=C\c3cc(C)n(-c4ccc(Cl)cc4)c3C)C2=O)c1. The molecule has 1 aliphatic heterocycles. The number of carbonyl (C=O) groups is 2. The Labute approximate surface area is 215 Å². The summed E-state index contributed by atoms with van der Waals surface area (Å²) >= 11 is 7.01. The molecule has 182 valence electrons. The zero-order valence-corrected chi connectivity index (χ0v) is 22.2. The number of hydrogen-bond donors (Lipinski definition) is 0. The van der Waals surface area contributed by atoms with Crippen LogP contribution in [0.15, 0.2) is 53.4 Å². The van der Waals surface area contributed by atoms with Gasteiger partial charge in [-0.2, -0.15) is 0 Å². The standard InChI is InChI=1S/C28H29ClN2O3S/c1-17(2)24-11-6-18(3)14-25(24)34-13-12-30-27(32)26(35-28(30)33)16-21-15-19(4)31(20(21)5)23-9-7-22(29)8-10-23/h6-11,14-17H,12-13H2,1-5H3/b26-16-. The highest BCUT2D eigenvalue weighted by Crippen LogP contribution is 2.34. The van der Waals surface area contributed by atoms with Gasteiger partial charge in [-0.3, -0.25) is 14.5 Å². The molecule has 0 bridgehead atoms. The third-order valence-corrected chi connectivity index (χ3v) is 7.24. The van der Waals surface area contributed by atoms with Crippen LogP contribution in [-0.4, -0.2) is 33.8 Å². The van der Waals surface area contributed by atoms with Crippen LogP contribution in [0.4, 0.5) is 4.79 Å². The monoisotopic (exact) mass is 508 g/mol. The lowest BCUT2D eigenvalue weighted by Crippen LogP contribution is -2.32. The molecule has 4 rings (SSSR count). The van der Waals surface area contributed by atoms with Gasteiger partial charge < -0.3 is 9.30 Å². The smallest absolute Gasteiger partial charge is 0.293 e. The Bertz CT molecular complexity index is 1310. The van der Waals surface area contributed by atoms with E-state index in [1.807, 2.05) is 57.2 Å². The van der Waals surface area contributed by atoms with Crippen molar-refractivity contribution in [2.24, 2.45) is 0 Å². The van der Waals surface area contributed by atoms with Crippen LogP contribution in [0.25, 0.3) is 11.8 Å². The van der Waals surface area contributed by atoms with Gasteiger partial charge in [-0.1, -0.05) is 37.6 Å². The molecular formula is C28H29ClN2O3S. The van der Waals surface area contributed by atoms with Gasteiger partial charge in [0.2, 0.25) is 0 Å². The molecule has 1 saturated heterocycles. The zero-order chi connectivity index (χ0) is 25.3. The van der Waals surface area contributed by atoms with E-state index >= 15 is 0 Å². The summed E-state index contributed by atoms with van der Waals surface area (Å²) in [6, 6.07) is 15.8. The molecule has 2 amide bonds. The fourth-order valence-electron chi connectivity index (χ4n) is 4.25. The molecular weight excluding hydrogens is 480 g/mol. The van der Waals surface area contributed by atoms with Crippen molar-refractivity contribution in [3.05, 3.63) is 86.5 Å². The normalized spacial score (nSPS) is 15.1. The molecule has 3 aromatic rings. The first-order chi connectivity index (χ1) is 16.7. The van der Waals surface area contributed by atoms with E-state index in [0.29, 0.717) is 15.8 Å². The first-order valence-corrected chi connectivity index (χ1v) is 12.8. The van der Waals surface area contributed by atoms with Gasteiger partial charge in [-0.15, -0.1) is 0 Å². The van der Waals surface area contributed by atoms with Gasteiger partial charge in [0.05, 0.1) is 11.4 Å². The number of thioether (sulfide) groups is 1. The van der Waals surface area contributed by atoms with Crippen molar-refractivity contribution in [1.82, 2.24) is 9.47 Å². The number of aromatic nitrogens is 1.